The molecule has 0 radical (unpaired) electrons. The van der Waals surface area contributed by atoms with Crippen molar-refractivity contribution in [3.63, 3.8) is 0 Å². The van der Waals surface area contributed by atoms with E-state index in [1.807, 2.05) is 19.1 Å². The number of hydrogen-bond donors (Lipinski definition) is 3. The quantitative estimate of drug-likeness (QED) is 0.278. The molecule has 0 aliphatic rings. The molecule has 3 rings (SSSR count). The number of pyridine rings is 1. The van der Waals surface area contributed by atoms with Gasteiger partial charge in [-0.15, -0.1) is 0 Å². The van der Waals surface area contributed by atoms with Crippen molar-refractivity contribution in [2.24, 2.45) is 11.5 Å². The van der Waals surface area contributed by atoms with Gasteiger partial charge in [0.2, 0.25) is 5.91 Å². The fraction of sp³-hybridized carbons (Fsp3) is 0.357. The highest BCUT2D eigenvalue weighted by atomic mass is 35.5. The van der Waals surface area contributed by atoms with Crippen molar-refractivity contribution in [3.05, 3.63) is 81.2 Å². The summed E-state index contributed by atoms with van der Waals surface area (Å²) < 4.78 is 13.7. The van der Waals surface area contributed by atoms with Crippen LogP contribution in [0.25, 0.3) is 11.3 Å². The van der Waals surface area contributed by atoms with Gasteiger partial charge in [-0.1, -0.05) is 56.5 Å². The third-order valence-corrected chi connectivity index (χ3v) is 6.55. The first kappa shape index (κ1) is 29.6. The molecular formula is C28H35Cl2FN4O. The maximum atomic E-state index is 13.7. The SMILES string of the molecule is CCCC(N)CC.CCc1cc(-c2ccc(F)cc2NC)nc(C(C(N)=O)c2c(Cl)cccc2Cl)c1. The van der Waals surface area contributed by atoms with Crippen LogP contribution in [0.2, 0.25) is 10.0 Å². The van der Waals surface area contributed by atoms with E-state index in [4.69, 9.17) is 34.7 Å². The number of nitrogens with two attached hydrogens (primary N) is 2. The molecule has 0 fully saturated rings. The number of aryl methyl sites for hydroxylation is 1. The van der Waals surface area contributed by atoms with Gasteiger partial charge in [0.1, 0.15) is 11.7 Å². The van der Waals surface area contributed by atoms with Crippen molar-refractivity contribution < 1.29 is 9.18 Å². The number of primary amides is 1. The predicted molar refractivity (Wildman–Crippen MR) is 149 cm³/mol. The van der Waals surface area contributed by atoms with Crippen LogP contribution >= 0.6 is 23.2 Å². The largest absolute Gasteiger partial charge is 0.387 e. The van der Waals surface area contributed by atoms with Crippen molar-refractivity contribution in [3.8, 4) is 11.3 Å². The van der Waals surface area contributed by atoms with E-state index in [1.165, 1.54) is 25.0 Å². The summed E-state index contributed by atoms with van der Waals surface area (Å²) in [5, 5.41) is 3.65. The Kier molecular flexibility index (Phi) is 11.6. The Labute approximate surface area is 223 Å². The van der Waals surface area contributed by atoms with Crippen molar-refractivity contribution in [1.29, 1.82) is 0 Å². The van der Waals surface area contributed by atoms with Crippen LogP contribution in [-0.2, 0) is 11.2 Å². The monoisotopic (exact) mass is 532 g/mol. The van der Waals surface area contributed by atoms with Crippen molar-refractivity contribution in [1.82, 2.24) is 4.98 Å². The highest BCUT2D eigenvalue weighted by Crippen LogP contribution is 2.37. The molecule has 0 saturated heterocycles. The van der Waals surface area contributed by atoms with Gasteiger partial charge in [0, 0.05) is 39.9 Å². The summed E-state index contributed by atoms with van der Waals surface area (Å²) in [6.45, 7) is 6.28. The number of rotatable bonds is 9. The molecule has 2 unspecified atom stereocenters. The number of nitrogens with one attached hydrogen (secondary N) is 1. The van der Waals surface area contributed by atoms with E-state index in [0.717, 1.165) is 12.0 Å². The van der Waals surface area contributed by atoms with E-state index in [2.05, 4.69) is 24.1 Å². The van der Waals surface area contributed by atoms with Crippen molar-refractivity contribution in [2.45, 2.75) is 58.4 Å². The molecular weight excluding hydrogens is 498 g/mol. The Hall–Kier alpha value is -2.67. The molecule has 0 spiro atoms. The number of halogens is 3. The molecule has 0 aliphatic carbocycles. The van der Waals surface area contributed by atoms with Crippen LogP contribution in [0.4, 0.5) is 10.1 Å². The number of nitrogens with zero attached hydrogens (tertiary/aromatic N) is 1. The second-order valence-corrected chi connectivity index (χ2v) is 9.32. The summed E-state index contributed by atoms with van der Waals surface area (Å²) in [4.78, 5) is 17.1. The summed E-state index contributed by atoms with van der Waals surface area (Å²) in [5.41, 5.74) is 15.0. The predicted octanol–water partition coefficient (Wildman–Crippen LogP) is 6.94. The molecule has 0 bridgehead atoms. The average Bonchev–Trinajstić information content (AvgIpc) is 2.86. The van der Waals surface area contributed by atoms with Crippen LogP contribution in [0.3, 0.4) is 0 Å². The Morgan fingerprint density at radius 2 is 1.75 bits per heavy atom. The zero-order chi connectivity index (χ0) is 26.8. The first-order valence-corrected chi connectivity index (χ1v) is 12.9. The van der Waals surface area contributed by atoms with Gasteiger partial charge in [-0.3, -0.25) is 9.78 Å². The van der Waals surface area contributed by atoms with Crippen LogP contribution < -0.4 is 16.8 Å². The summed E-state index contributed by atoms with van der Waals surface area (Å²) in [6, 6.07) is 13.6. The fourth-order valence-electron chi connectivity index (χ4n) is 3.84. The van der Waals surface area contributed by atoms with Crippen LogP contribution in [0.5, 0.6) is 0 Å². The molecule has 8 heteroatoms. The molecule has 3 aromatic rings. The molecule has 36 heavy (non-hydrogen) atoms. The number of carbonyl (C=O) groups excluding carboxylic acids is 1. The van der Waals surface area contributed by atoms with Gasteiger partial charge in [0.25, 0.3) is 0 Å². The summed E-state index contributed by atoms with van der Waals surface area (Å²) >= 11 is 12.7. The van der Waals surface area contributed by atoms with Gasteiger partial charge in [-0.2, -0.15) is 0 Å². The molecule has 1 heterocycles. The minimum Gasteiger partial charge on any atom is -0.387 e. The molecule has 5 nitrogen and oxygen atoms in total. The Balaban J connectivity index is 0.000000572. The summed E-state index contributed by atoms with van der Waals surface area (Å²) in [6.07, 6.45) is 4.22. The molecule has 5 N–H and O–H groups in total. The standard InChI is InChI=1S/C22H20Cl2FN3O.C6H15N/c1-3-12-9-18(14-8-7-13(25)11-17(14)27-2)28-19(10-12)21(22(26)29)20-15(23)5-4-6-16(20)24;1-3-5-6(7)4-2/h4-11,21,27H,3H2,1-2H3,(H2,26,29);6H,3-5,7H2,1-2H3. The zero-order valence-electron chi connectivity index (χ0n) is 21.2. The second kappa shape index (κ2) is 14.2. The first-order valence-electron chi connectivity index (χ1n) is 12.1. The van der Waals surface area contributed by atoms with E-state index in [-0.39, 0.29) is 5.82 Å². The third kappa shape index (κ3) is 7.66. The summed E-state index contributed by atoms with van der Waals surface area (Å²) in [5.74, 6) is -1.89. The zero-order valence-corrected chi connectivity index (χ0v) is 22.8. The molecule has 1 amide bonds. The lowest BCUT2D eigenvalue weighted by Gasteiger charge is -2.19. The lowest BCUT2D eigenvalue weighted by molar-refractivity contribution is -0.118. The minimum atomic E-state index is -0.917. The number of hydrogen-bond acceptors (Lipinski definition) is 4. The Bertz CT molecular complexity index is 1150. The van der Waals surface area contributed by atoms with Crippen LogP contribution in [-0.4, -0.2) is 24.0 Å². The number of anilines is 1. The maximum absolute atomic E-state index is 13.7. The topological polar surface area (TPSA) is 94.0 Å². The lowest BCUT2D eigenvalue weighted by Crippen LogP contribution is -2.24. The van der Waals surface area contributed by atoms with Gasteiger partial charge in [-0.05, 0) is 67.3 Å². The number of benzene rings is 2. The average molecular weight is 534 g/mol. The first-order chi connectivity index (χ1) is 17.2. The van der Waals surface area contributed by atoms with Gasteiger partial charge < -0.3 is 16.8 Å². The Morgan fingerprint density at radius 3 is 2.25 bits per heavy atom. The van der Waals surface area contributed by atoms with E-state index in [0.29, 0.717) is 50.7 Å². The summed E-state index contributed by atoms with van der Waals surface area (Å²) in [7, 11) is 1.71. The molecule has 1 aromatic heterocycles. The molecule has 0 saturated carbocycles. The van der Waals surface area contributed by atoms with Crippen molar-refractivity contribution >= 4 is 34.8 Å². The third-order valence-electron chi connectivity index (χ3n) is 5.89. The smallest absolute Gasteiger partial charge is 0.231 e. The van der Waals surface area contributed by atoms with Gasteiger partial charge in [-0.25, -0.2) is 4.39 Å². The van der Waals surface area contributed by atoms with Crippen LogP contribution in [0.15, 0.2) is 48.5 Å². The Morgan fingerprint density at radius 1 is 1.08 bits per heavy atom. The highest BCUT2D eigenvalue weighted by molar-refractivity contribution is 6.36. The van der Waals surface area contributed by atoms with Crippen molar-refractivity contribution in [2.75, 3.05) is 12.4 Å². The lowest BCUT2D eigenvalue weighted by atomic mass is 9.92. The molecule has 194 valence electrons. The van der Waals surface area contributed by atoms with Gasteiger partial charge in [0.05, 0.1) is 11.4 Å². The minimum absolute atomic E-state index is 0.337. The molecule has 2 aromatic carbocycles. The van der Waals surface area contributed by atoms with Crippen LogP contribution in [0.1, 0.15) is 62.8 Å². The van der Waals surface area contributed by atoms with E-state index in [9.17, 15) is 9.18 Å². The van der Waals surface area contributed by atoms with E-state index < -0.39 is 11.8 Å². The molecule has 2 atom stereocenters. The fourth-order valence-corrected chi connectivity index (χ4v) is 4.46. The van der Waals surface area contributed by atoms with Crippen LogP contribution in [0, 0.1) is 5.82 Å². The second-order valence-electron chi connectivity index (χ2n) is 8.51. The highest BCUT2D eigenvalue weighted by Gasteiger charge is 2.27. The number of carbonyl (C=O) groups is 1. The van der Waals surface area contributed by atoms with E-state index in [1.54, 1.807) is 31.3 Å². The van der Waals surface area contributed by atoms with E-state index >= 15 is 0 Å². The number of amides is 1. The normalized spacial score (nSPS) is 12.3. The number of aromatic nitrogens is 1. The van der Waals surface area contributed by atoms with Gasteiger partial charge >= 0.3 is 0 Å². The van der Waals surface area contributed by atoms with Gasteiger partial charge in [0.15, 0.2) is 0 Å². The molecule has 0 aliphatic heterocycles. The maximum Gasteiger partial charge on any atom is 0.231 e.